The number of nitrogens with one attached hydrogen (secondary N) is 2. The fraction of sp³-hybridized carbons (Fsp3) is 0.435. The van der Waals surface area contributed by atoms with Gasteiger partial charge >= 0.3 is 0 Å². The Balaban J connectivity index is 1.64. The minimum absolute atomic E-state index is 0.00239. The molecule has 170 valence electrons. The minimum atomic E-state index is -0.570. The van der Waals surface area contributed by atoms with Crippen molar-refractivity contribution in [2.45, 2.75) is 43.3 Å². The van der Waals surface area contributed by atoms with E-state index in [2.05, 4.69) is 41.4 Å². The van der Waals surface area contributed by atoms with Crippen LogP contribution in [0.2, 0.25) is 0 Å². The number of fused-ring (bicyclic) bond motifs is 1. The number of aromatic nitrogens is 3. The van der Waals surface area contributed by atoms with Crippen LogP contribution in [0.5, 0.6) is 5.75 Å². The van der Waals surface area contributed by atoms with Crippen LogP contribution in [0.3, 0.4) is 0 Å². The number of nitrogens with zero attached hydrogens (tertiary/aromatic N) is 3. The van der Waals surface area contributed by atoms with Crippen molar-refractivity contribution in [1.82, 2.24) is 19.7 Å². The number of imidazole rings is 1. The zero-order valence-electron chi connectivity index (χ0n) is 18.7. The Hall–Kier alpha value is -2.81. The number of thioether (sulfide) groups is 1. The molecule has 1 fully saturated rings. The lowest BCUT2D eigenvalue weighted by atomic mass is 9.97. The van der Waals surface area contributed by atoms with E-state index in [0.29, 0.717) is 30.9 Å². The third kappa shape index (κ3) is 5.15. The Morgan fingerprint density at radius 3 is 2.88 bits per heavy atom. The largest absolute Gasteiger partial charge is 0.495 e. The number of methoxy groups -OCH3 is 1. The van der Waals surface area contributed by atoms with E-state index in [1.54, 1.807) is 25.1 Å². The maximum atomic E-state index is 14.4. The highest BCUT2D eigenvalue weighted by molar-refractivity contribution is 8.00. The standard InChI is InChI=1S/C23H28FN5O2S/c1-23(2,3)32-18-13-29-16(12-27-21(29)10-17(18)31-4)15-8-19(24)28-20(9-15)26-11-14-5-6-25-22(30)7-14/h8-10,12-14H,5-7,11H2,1-4H3,(H,25,30)(H,26,28)/t14-/m1/s1. The highest BCUT2D eigenvalue weighted by Crippen LogP contribution is 2.39. The van der Waals surface area contributed by atoms with E-state index in [1.165, 1.54) is 6.07 Å². The van der Waals surface area contributed by atoms with Crippen molar-refractivity contribution in [2.24, 2.45) is 5.92 Å². The van der Waals surface area contributed by atoms with Gasteiger partial charge in [-0.25, -0.2) is 9.97 Å². The first kappa shape index (κ1) is 22.4. The average molecular weight is 458 g/mol. The molecule has 0 saturated carbocycles. The van der Waals surface area contributed by atoms with Crippen molar-refractivity contribution in [3.63, 3.8) is 0 Å². The molecule has 1 saturated heterocycles. The molecule has 9 heteroatoms. The topological polar surface area (TPSA) is 80.6 Å². The molecule has 7 nitrogen and oxygen atoms in total. The zero-order chi connectivity index (χ0) is 22.9. The van der Waals surface area contributed by atoms with Crippen LogP contribution in [0.1, 0.15) is 33.6 Å². The molecule has 1 aliphatic rings. The van der Waals surface area contributed by atoms with E-state index in [4.69, 9.17) is 4.74 Å². The summed E-state index contributed by atoms with van der Waals surface area (Å²) in [5, 5.41) is 6.03. The number of anilines is 1. The molecule has 3 aromatic rings. The fourth-order valence-electron chi connectivity index (χ4n) is 3.78. The second-order valence-corrected chi connectivity index (χ2v) is 10.8. The molecule has 1 atom stereocenters. The first-order valence-electron chi connectivity index (χ1n) is 10.6. The zero-order valence-corrected chi connectivity index (χ0v) is 19.6. The van der Waals surface area contributed by atoms with Crippen molar-refractivity contribution in [3.8, 4) is 17.0 Å². The second-order valence-electron chi connectivity index (χ2n) is 8.95. The number of carbonyl (C=O) groups is 1. The lowest BCUT2D eigenvalue weighted by Crippen LogP contribution is -2.36. The van der Waals surface area contributed by atoms with Crippen molar-refractivity contribution >= 4 is 29.1 Å². The van der Waals surface area contributed by atoms with Crippen LogP contribution in [-0.4, -0.2) is 45.2 Å². The predicted octanol–water partition coefficient (Wildman–Crippen LogP) is 4.37. The maximum absolute atomic E-state index is 14.4. The van der Waals surface area contributed by atoms with Crippen LogP contribution < -0.4 is 15.4 Å². The number of ether oxygens (including phenoxy) is 1. The summed E-state index contributed by atoms with van der Waals surface area (Å²) in [6.07, 6.45) is 5.07. The Labute approximate surface area is 191 Å². The van der Waals surface area contributed by atoms with Crippen LogP contribution in [0, 0.1) is 11.9 Å². The molecule has 0 aliphatic carbocycles. The molecular formula is C23H28FN5O2S. The Morgan fingerprint density at radius 2 is 2.16 bits per heavy atom. The van der Waals surface area contributed by atoms with Crippen molar-refractivity contribution < 1.29 is 13.9 Å². The number of hydrogen-bond donors (Lipinski definition) is 2. The van der Waals surface area contributed by atoms with Crippen LogP contribution in [-0.2, 0) is 4.79 Å². The first-order chi connectivity index (χ1) is 15.2. The summed E-state index contributed by atoms with van der Waals surface area (Å²) < 4.78 is 21.9. The van der Waals surface area contributed by atoms with Gasteiger partial charge in [0, 0.05) is 48.2 Å². The number of carbonyl (C=O) groups excluding carboxylic acids is 1. The lowest BCUT2D eigenvalue weighted by Gasteiger charge is -2.22. The molecule has 4 heterocycles. The quantitative estimate of drug-likeness (QED) is 0.423. The second kappa shape index (κ2) is 8.97. The number of hydrogen-bond acceptors (Lipinski definition) is 6. The molecular weight excluding hydrogens is 429 g/mol. The van der Waals surface area contributed by atoms with Gasteiger partial charge in [-0.1, -0.05) is 20.8 Å². The molecule has 1 amide bonds. The van der Waals surface area contributed by atoms with Gasteiger partial charge < -0.3 is 15.4 Å². The summed E-state index contributed by atoms with van der Waals surface area (Å²) in [7, 11) is 1.65. The Morgan fingerprint density at radius 1 is 1.34 bits per heavy atom. The van der Waals surface area contributed by atoms with Crippen LogP contribution in [0.4, 0.5) is 10.2 Å². The molecule has 0 aromatic carbocycles. The third-order valence-corrected chi connectivity index (χ3v) is 6.36. The summed E-state index contributed by atoms with van der Waals surface area (Å²) in [5.41, 5.74) is 2.15. The van der Waals surface area contributed by atoms with Gasteiger partial charge in [-0.2, -0.15) is 4.39 Å². The smallest absolute Gasteiger partial charge is 0.220 e. The van der Waals surface area contributed by atoms with Gasteiger partial charge in [0.25, 0.3) is 0 Å². The lowest BCUT2D eigenvalue weighted by molar-refractivity contribution is -0.123. The van der Waals surface area contributed by atoms with Crippen LogP contribution in [0.15, 0.2) is 35.5 Å². The number of halogens is 1. The van der Waals surface area contributed by atoms with E-state index < -0.39 is 5.95 Å². The van der Waals surface area contributed by atoms with Gasteiger partial charge in [0.15, 0.2) is 0 Å². The highest BCUT2D eigenvalue weighted by Gasteiger charge is 2.20. The van der Waals surface area contributed by atoms with E-state index in [9.17, 15) is 9.18 Å². The molecule has 2 N–H and O–H groups in total. The van der Waals surface area contributed by atoms with E-state index in [-0.39, 0.29) is 16.6 Å². The van der Waals surface area contributed by atoms with Crippen LogP contribution >= 0.6 is 11.8 Å². The summed E-state index contributed by atoms with van der Waals surface area (Å²) in [5.74, 6) is 0.894. The van der Waals surface area contributed by atoms with Gasteiger partial charge in [0.05, 0.1) is 23.9 Å². The number of rotatable bonds is 6. The maximum Gasteiger partial charge on any atom is 0.220 e. The molecule has 0 spiro atoms. The van der Waals surface area contributed by atoms with Gasteiger partial charge in [-0.3, -0.25) is 9.20 Å². The Kier molecular flexibility index (Phi) is 6.28. The van der Waals surface area contributed by atoms with E-state index in [0.717, 1.165) is 28.4 Å². The van der Waals surface area contributed by atoms with Gasteiger partial charge in [0.1, 0.15) is 17.2 Å². The predicted molar refractivity (Wildman–Crippen MR) is 125 cm³/mol. The monoisotopic (exact) mass is 457 g/mol. The summed E-state index contributed by atoms with van der Waals surface area (Å²) in [6.45, 7) is 7.67. The first-order valence-corrected chi connectivity index (χ1v) is 11.5. The molecule has 3 aromatic heterocycles. The molecule has 4 rings (SSSR count). The van der Waals surface area contributed by atoms with Gasteiger partial charge in [0.2, 0.25) is 11.9 Å². The molecule has 0 unspecified atom stereocenters. The molecule has 0 bridgehead atoms. The van der Waals surface area contributed by atoms with E-state index in [1.807, 2.05) is 22.7 Å². The highest BCUT2D eigenvalue weighted by atomic mass is 32.2. The van der Waals surface area contributed by atoms with E-state index >= 15 is 0 Å². The number of amides is 1. The van der Waals surface area contributed by atoms with Gasteiger partial charge in [-0.15, -0.1) is 11.8 Å². The van der Waals surface area contributed by atoms with Crippen LogP contribution in [0.25, 0.3) is 16.9 Å². The number of piperidine rings is 1. The SMILES string of the molecule is COc1cc2ncc(-c3cc(F)nc(NC[C@@H]4CCNC(=O)C4)c3)n2cc1SC(C)(C)C. The number of pyridine rings is 2. The minimum Gasteiger partial charge on any atom is -0.495 e. The third-order valence-electron chi connectivity index (χ3n) is 5.22. The van der Waals surface area contributed by atoms with Gasteiger partial charge in [-0.05, 0) is 18.4 Å². The molecule has 1 aliphatic heterocycles. The summed E-state index contributed by atoms with van der Waals surface area (Å²) in [6, 6.07) is 5.11. The summed E-state index contributed by atoms with van der Waals surface area (Å²) >= 11 is 1.70. The molecule has 32 heavy (non-hydrogen) atoms. The van der Waals surface area contributed by atoms with Crippen molar-refractivity contribution in [2.75, 3.05) is 25.5 Å². The fourth-order valence-corrected chi connectivity index (χ4v) is 4.84. The van der Waals surface area contributed by atoms with Crippen molar-refractivity contribution in [1.29, 1.82) is 0 Å². The summed E-state index contributed by atoms with van der Waals surface area (Å²) in [4.78, 5) is 21.1. The van der Waals surface area contributed by atoms with Crippen molar-refractivity contribution in [3.05, 3.63) is 36.5 Å². The molecule has 0 radical (unpaired) electrons. The average Bonchev–Trinajstić information content (AvgIpc) is 3.13. The normalized spacial score (nSPS) is 16.8. The Bertz CT molecular complexity index is 1140.